The molecule has 0 radical (unpaired) electrons. The van der Waals surface area contributed by atoms with Crippen LogP contribution in [0, 0.1) is 5.82 Å². The highest BCUT2D eigenvalue weighted by Crippen LogP contribution is 2.28. The molecule has 8 heteroatoms. The van der Waals surface area contributed by atoms with Crippen LogP contribution in [0.15, 0.2) is 58.9 Å². The summed E-state index contributed by atoms with van der Waals surface area (Å²) in [5.41, 5.74) is 8.52. The Morgan fingerprint density at radius 2 is 1.81 bits per heavy atom. The average molecular weight is 385 g/mol. The van der Waals surface area contributed by atoms with Crippen molar-refractivity contribution in [1.29, 1.82) is 0 Å². The molecule has 0 unspecified atom stereocenters. The molecular formula is C18H16FN5S2. The Morgan fingerprint density at radius 3 is 2.58 bits per heavy atom. The third kappa shape index (κ3) is 3.77. The molecule has 0 amide bonds. The van der Waals surface area contributed by atoms with Crippen LogP contribution < -0.4 is 5.73 Å². The minimum Gasteiger partial charge on any atom is -0.321 e. The van der Waals surface area contributed by atoms with Crippen molar-refractivity contribution in [1.82, 2.24) is 19.8 Å². The molecule has 5 nitrogen and oxygen atoms in total. The van der Waals surface area contributed by atoms with Crippen LogP contribution in [-0.2, 0) is 12.2 Å². The lowest BCUT2D eigenvalue weighted by molar-refractivity contribution is 0.627. The second-order valence-corrected chi connectivity index (χ2v) is 8.01. The summed E-state index contributed by atoms with van der Waals surface area (Å²) in [5.74, 6) is 1.15. The summed E-state index contributed by atoms with van der Waals surface area (Å²) in [5, 5.41) is 13.0. The number of hydrogen-bond donors (Lipinski definition) is 1. The van der Waals surface area contributed by atoms with Crippen molar-refractivity contribution in [2.24, 2.45) is 5.73 Å². The third-order valence-electron chi connectivity index (χ3n) is 3.90. The first kappa shape index (κ1) is 17.1. The van der Waals surface area contributed by atoms with Crippen molar-refractivity contribution < 1.29 is 4.39 Å². The van der Waals surface area contributed by atoms with Crippen molar-refractivity contribution in [2.45, 2.75) is 22.6 Å². The highest BCUT2D eigenvalue weighted by molar-refractivity contribution is 8.00. The maximum atomic E-state index is 13.0. The minimum absolute atomic E-state index is 0.227. The molecule has 2 aromatic heterocycles. The number of nitrogens with two attached hydrogens (primary N) is 1. The molecule has 0 aliphatic carbocycles. The van der Waals surface area contributed by atoms with Gasteiger partial charge in [0.1, 0.15) is 5.82 Å². The molecule has 0 aliphatic rings. The van der Waals surface area contributed by atoms with Crippen LogP contribution in [0.1, 0.15) is 23.0 Å². The molecule has 4 aromatic rings. The number of thioether (sulfide) groups is 1. The molecule has 2 aromatic carbocycles. The average Bonchev–Trinajstić information content (AvgIpc) is 3.22. The second-order valence-electron chi connectivity index (χ2n) is 5.83. The summed E-state index contributed by atoms with van der Waals surface area (Å²) in [7, 11) is 0. The number of nitrogens with zero attached hydrogens (tertiary/aromatic N) is 4. The van der Waals surface area contributed by atoms with Crippen molar-refractivity contribution in [3.63, 3.8) is 0 Å². The van der Waals surface area contributed by atoms with Crippen LogP contribution in [0.5, 0.6) is 0 Å². The SMILES string of the molecule is N[C@@H](Cc1ccccc1)c1nnc2sc(SCc3ccc(F)cc3)nn12. The Labute approximate surface area is 158 Å². The summed E-state index contributed by atoms with van der Waals surface area (Å²) < 4.78 is 15.6. The Kier molecular flexibility index (Phi) is 4.96. The van der Waals surface area contributed by atoms with Crippen LogP contribution in [0.4, 0.5) is 4.39 Å². The minimum atomic E-state index is -0.274. The molecule has 2 N–H and O–H groups in total. The number of rotatable bonds is 6. The molecule has 0 fully saturated rings. The van der Waals surface area contributed by atoms with Gasteiger partial charge in [-0.05, 0) is 29.7 Å². The second kappa shape index (κ2) is 7.53. The van der Waals surface area contributed by atoms with E-state index in [9.17, 15) is 4.39 Å². The van der Waals surface area contributed by atoms with Crippen LogP contribution in [0.25, 0.3) is 4.96 Å². The van der Waals surface area contributed by atoms with E-state index in [-0.39, 0.29) is 11.9 Å². The van der Waals surface area contributed by atoms with Gasteiger partial charge in [0.05, 0.1) is 6.04 Å². The van der Waals surface area contributed by atoms with E-state index in [1.807, 2.05) is 30.3 Å². The predicted octanol–water partition coefficient (Wildman–Crippen LogP) is 3.86. The van der Waals surface area contributed by atoms with Gasteiger partial charge in [-0.2, -0.15) is 4.52 Å². The van der Waals surface area contributed by atoms with E-state index in [1.54, 1.807) is 28.4 Å². The van der Waals surface area contributed by atoms with Gasteiger partial charge < -0.3 is 5.73 Å². The van der Waals surface area contributed by atoms with Gasteiger partial charge in [0.25, 0.3) is 0 Å². The van der Waals surface area contributed by atoms with E-state index in [0.717, 1.165) is 26.2 Å². The quantitative estimate of drug-likeness (QED) is 0.511. The van der Waals surface area contributed by atoms with Crippen molar-refractivity contribution in [3.05, 3.63) is 77.4 Å². The van der Waals surface area contributed by atoms with E-state index < -0.39 is 0 Å². The number of hydrogen-bond acceptors (Lipinski definition) is 6. The normalized spacial score (nSPS) is 12.5. The lowest BCUT2D eigenvalue weighted by atomic mass is 10.1. The molecule has 0 aliphatic heterocycles. The van der Waals surface area contributed by atoms with Gasteiger partial charge in [-0.15, -0.1) is 15.3 Å². The maximum absolute atomic E-state index is 13.0. The standard InChI is InChI=1S/C18H16FN5S2/c19-14-8-6-13(7-9-14)11-25-18-23-24-16(21-22-17(24)26-18)15(20)10-12-4-2-1-3-5-12/h1-9,15H,10-11,20H2/t15-/m0/s1. The van der Waals surface area contributed by atoms with Crippen LogP contribution >= 0.6 is 23.1 Å². The van der Waals surface area contributed by atoms with Gasteiger partial charge in [0, 0.05) is 5.75 Å². The monoisotopic (exact) mass is 385 g/mol. The number of aromatic nitrogens is 4. The molecule has 0 saturated heterocycles. The van der Waals surface area contributed by atoms with Crippen molar-refractivity contribution >= 4 is 28.1 Å². The van der Waals surface area contributed by atoms with Gasteiger partial charge in [-0.3, -0.25) is 0 Å². The fourth-order valence-electron chi connectivity index (χ4n) is 2.59. The molecular weight excluding hydrogens is 369 g/mol. The van der Waals surface area contributed by atoms with Gasteiger partial charge in [0.15, 0.2) is 10.2 Å². The lowest BCUT2D eigenvalue weighted by Crippen LogP contribution is -2.17. The summed E-state index contributed by atoms with van der Waals surface area (Å²) >= 11 is 3.07. The first-order valence-electron chi connectivity index (χ1n) is 8.08. The molecule has 26 heavy (non-hydrogen) atoms. The molecule has 0 bridgehead atoms. The van der Waals surface area contributed by atoms with Crippen LogP contribution in [-0.4, -0.2) is 19.8 Å². The molecule has 1 atom stereocenters. The van der Waals surface area contributed by atoms with Crippen LogP contribution in [0.3, 0.4) is 0 Å². The fraction of sp³-hybridized carbons (Fsp3) is 0.167. The molecule has 4 rings (SSSR count). The van der Waals surface area contributed by atoms with Crippen LogP contribution in [0.2, 0.25) is 0 Å². The summed E-state index contributed by atoms with van der Waals surface area (Å²) in [4.78, 5) is 0.727. The lowest BCUT2D eigenvalue weighted by Gasteiger charge is -2.08. The smallest absolute Gasteiger partial charge is 0.235 e. The maximum Gasteiger partial charge on any atom is 0.235 e. The van der Waals surface area contributed by atoms with E-state index in [2.05, 4.69) is 15.3 Å². The summed E-state index contributed by atoms with van der Waals surface area (Å²) in [6, 6.07) is 16.3. The topological polar surface area (TPSA) is 69.1 Å². The Morgan fingerprint density at radius 1 is 1.04 bits per heavy atom. The third-order valence-corrected chi connectivity index (χ3v) is 6.01. The Bertz CT molecular complexity index is 998. The van der Waals surface area contributed by atoms with E-state index >= 15 is 0 Å². The van der Waals surface area contributed by atoms with Gasteiger partial charge >= 0.3 is 0 Å². The van der Waals surface area contributed by atoms with E-state index in [0.29, 0.717) is 12.2 Å². The molecule has 0 spiro atoms. The highest BCUT2D eigenvalue weighted by Gasteiger charge is 2.18. The predicted molar refractivity (Wildman–Crippen MR) is 102 cm³/mol. The zero-order valence-electron chi connectivity index (χ0n) is 13.7. The summed E-state index contributed by atoms with van der Waals surface area (Å²) in [6.07, 6.45) is 0.678. The molecule has 132 valence electrons. The zero-order chi connectivity index (χ0) is 17.9. The first-order chi connectivity index (χ1) is 12.7. The number of halogens is 1. The largest absolute Gasteiger partial charge is 0.321 e. The van der Waals surface area contributed by atoms with Gasteiger partial charge in [-0.25, -0.2) is 4.39 Å². The Balaban J connectivity index is 1.48. The molecule has 0 saturated carbocycles. The summed E-state index contributed by atoms with van der Waals surface area (Å²) in [6.45, 7) is 0. The highest BCUT2D eigenvalue weighted by atomic mass is 32.2. The van der Waals surface area contributed by atoms with Crippen molar-refractivity contribution in [3.8, 4) is 0 Å². The number of benzene rings is 2. The van der Waals surface area contributed by atoms with Gasteiger partial charge in [-0.1, -0.05) is 65.6 Å². The molecule has 2 heterocycles. The zero-order valence-corrected chi connectivity index (χ0v) is 15.4. The fourth-order valence-corrected chi connectivity index (χ4v) is 4.43. The first-order valence-corrected chi connectivity index (χ1v) is 9.88. The van der Waals surface area contributed by atoms with Crippen molar-refractivity contribution in [2.75, 3.05) is 0 Å². The Hall–Kier alpha value is -2.29. The van der Waals surface area contributed by atoms with E-state index in [4.69, 9.17) is 5.73 Å². The van der Waals surface area contributed by atoms with Gasteiger partial charge in [0.2, 0.25) is 4.96 Å². The van der Waals surface area contributed by atoms with E-state index in [1.165, 1.54) is 23.5 Å². The number of fused-ring (bicyclic) bond motifs is 1.